The molecule has 2 aliphatic heterocycles. The topological polar surface area (TPSA) is 90.0 Å². The molecule has 1 aromatic heterocycles. The van der Waals surface area contributed by atoms with Crippen LogP contribution in [0.15, 0.2) is 30.6 Å². The second-order valence-electron chi connectivity index (χ2n) is 6.86. The van der Waals surface area contributed by atoms with Gasteiger partial charge in [0, 0.05) is 24.8 Å². The summed E-state index contributed by atoms with van der Waals surface area (Å²) in [5.74, 6) is -2.19. The summed E-state index contributed by atoms with van der Waals surface area (Å²) in [4.78, 5) is 30.1. The molecule has 152 valence electrons. The zero-order valence-corrected chi connectivity index (χ0v) is 16.2. The third-order valence-electron chi connectivity index (χ3n) is 4.65. The van der Waals surface area contributed by atoms with Crippen LogP contribution in [0.2, 0.25) is 0 Å². The summed E-state index contributed by atoms with van der Waals surface area (Å²) in [6.07, 6.45) is 10.7. The quantitative estimate of drug-likeness (QED) is 0.560. The fourth-order valence-electron chi connectivity index (χ4n) is 3.27. The van der Waals surface area contributed by atoms with Gasteiger partial charge in [-0.15, -0.1) is 0 Å². The number of pyridine rings is 1. The smallest absolute Gasteiger partial charge is 0.356 e. The van der Waals surface area contributed by atoms with Crippen molar-refractivity contribution in [3.05, 3.63) is 30.6 Å². The van der Waals surface area contributed by atoms with E-state index in [0.717, 1.165) is 31.4 Å². The van der Waals surface area contributed by atoms with Crippen LogP contribution in [0.5, 0.6) is 5.75 Å². The van der Waals surface area contributed by atoms with Gasteiger partial charge in [0.05, 0.1) is 31.2 Å². The number of unbranched alkanes of at least 4 members (excludes halogenated alkanes) is 3. The van der Waals surface area contributed by atoms with Crippen LogP contribution in [0.4, 0.5) is 5.69 Å². The number of nitrogens with zero attached hydrogens (tertiary/aromatic N) is 2. The lowest BCUT2D eigenvalue weighted by Crippen LogP contribution is -2.58. The van der Waals surface area contributed by atoms with Gasteiger partial charge >= 0.3 is 17.8 Å². The van der Waals surface area contributed by atoms with Gasteiger partial charge in [-0.25, -0.2) is 9.59 Å². The number of carbonyl (C=O) groups excluding carboxylic acids is 2. The molecule has 0 aromatic carbocycles. The van der Waals surface area contributed by atoms with E-state index in [-0.39, 0.29) is 6.54 Å². The van der Waals surface area contributed by atoms with Gasteiger partial charge in [-0.3, -0.25) is 9.88 Å². The maximum atomic E-state index is 12.0. The third kappa shape index (κ3) is 5.01. The molecule has 8 heteroatoms. The van der Waals surface area contributed by atoms with Gasteiger partial charge in [-0.2, -0.15) is 0 Å². The summed E-state index contributed by atoms with van der Waals surface area (Å²) in [6.45, 7) is 4.18. The summed E-state index contributed by atoms with van der Waals surface area (Å²) in [7, 11) is 0. The molecular weight excluding hydrogens is 362 g/mol. The number of aromatic nitrogens is 1. The van der Waals surface area contributed by atoms with Gasteiger partial charge in [0.1, 0.15) is 5.75 Å². The lowest BCUT2D eigenvalue weighted by molar-refractivity contribution is -0.217. The first-order valence-electron chi connectivity index (χ1n) is 9.83. The molecule has 0 unspecified atom stereocenters. The second-order valence-corrected chi connectivity index (χ2v) is 6.86. The molecule has 3 heterocycles. The molecule has 8 nitrogen and oxygen atoms in total. The van der Waals surface area contributed by atoms with Crippen molar-refractivity contribution in [1.82, 2.24) is 10.3 Å². The van der Waals surface area contributed by atoms with Crippen molar-refractivity contribution in [3.63, 3.8) is 0 Å². The monoisotopic (exact) mass is 389 g/mol. The van der Waals surface area contributed by atoms with Gasteiger partial charge < -0.3 is 19.5 Å². The van der Waals surface area contributed by atoms with E-state index in [9.17, 15) is 9.59 Å². The van der Waals surface area contributed by atoms with E-state index in [2.05, 4.69) is 17.2 Å². The van der Waals surface area contributed by atoms with Crippen molar-refractivity contribution >= 4 is 17.6 Å². The molecule has 0 bridgehead atoms. The molecule has 1 N–H and O–H groups in total. The van der Waals surface area contributed by atoms with Crippen LogP contribution in [0, 0.1) is 0 Å². The van der Waals surface area contributed by atoms with E-state index in [1.54, 1.807) is 17.3 Å². The summed E-state index contributed by atoms with van der Waals surface area (Å²) in [5.41, 5.74) is 0.664. The molecule has 1 spiro atoms. The van der Waals surface area contributed by atoms with Crippen molar-refractivity contribution in [2.75, 3.05) is 31.1 Å². The largest absolute Gasteiger partial charge is 0.492 e. The van der Waals surface area contributed by atoms with E-state index in [0.29, 0.717) is 31.1 Å². The number of anilines is 1. The van der Waals surface area contributed by atoms with Crippen LogP contribution in [0.25, 0.3) is 0 Å². The van der Waals surface area contributed by atoms with Gasteiger partial charge in [-0.05, 0) is 19.4 Å². The highest BCUT2D eigenvalue weighted by Gasteiger charge is 2.47. The minimum Gasteiger partial charge on any atom is -0.492 e. The lowest BCUT2D eigenvalue weighted by atomic mass is 10.2. The molecule has 1 fully saturated rings. The minimum atomic E-state index is -1.56. The highest BCUT2D eigenvalue weighted by Crippen LogP contribution is 2.31. The molecule has 1 saturated heterocycles. The maximum Gasteiger partial charge on any atom is 0.356 e. The Balaban J connectivity index is 1.79. The van der Waals surface area contributed by atoms with Crippen LogP contribution in [-0.2, 0) is 19.1 Å². The Morgan fingerprint density at radius 2 is 1.96 bits per heavy atom. The van der Waals surface area contributed by atoms with Gasteiger partial charge in [0.25, 0.3) is 0 Å². The SMILES string of the molecule is CCCCCCOc1cncc(N2CCCNCC23OC(=O)C=CC(=O)O3)c1. The third-order valence-corrected chi connectivity index (χ3v) is 4.65. The van der Waals surface area contributed by atoms with Crippen molar-refractivity contribution in [1.29, 1.82) is 0 Å². The average molecular weight is 389 g/mol. The number of hydrogen-bond acceptors (Lipinski definition) is 8. The average Bonchev–Trinajstić information content (AvgIpc) is 2.97. The Morgan fingerprint density at radius 1 is 1.18 bits per heavy atom. The summed E-state index contributed by atoms with van der Waals surface area (Å²) in [5, 5.41) is 3.17. The number of hydrogen-bond donors (Lipinski definition) is 1. The van der Waals surface area contributed by atoms with Crippen molar-refractivity contribution in [2.24, 2.45) is 0 Å². The number of rotatable bonds is 7. The highest BCUT2D eigenvalue weighted by atomic mass is 16.8. The van der Waals surface area contributed by atoms with E-state index < -0.39 is 17.8 Å². The first kappa shape index (κ1) is 20.1. The zero-order chi connectivity index (χ0) is 19.8. The van der Waals surface area contributed by atoms with Crippen molar-refractivity contribution in [3.8, 4) is 5.75 Å². The molecule has 0 atom stereocenters. The van der Waals surface area contributed by atoms with Crippen molar-refractivity contribution in [2.45, 2.75) is 44.9 Å². The Hall–Kier alpha value is -2.61. The van der Waals surface area contributed by atoms with E-state index >= 15 is 0 Å². The summed E-state index contributed by atoms with van der Waals surface area (Å²) < 4.78 is 16.9. The van der Waals surface area contributed by atoms with Gasteiger partial charge in [0.15, 0.2) is 0 Å². The Morgan fingerprint density at radius 3 is 2.71 bits per heavy atom. The fourth-order valence-corrected chi connectivity index (χ4v) is 3.27. The number of ether oxygens (including phenoxy) is 3. The molecule has 0 amide bonds. The Bertz CT molecular complexity index is 702. The molecule has 2 aliphatic rings. The molecule has 1 aromatic rings. The molecule has 28 heavy (non-hydrogen) atoms. The van der Waals surface area contributed by atoms with Crippen LogP contribution < -0.4 is 15.0 Å². The molecule has 0 saturated carbocycles. The Labute approximate surface area is 164 Å². The number of nitrogens with one attached hydrogen (secondary N) is 1. The molecular formula is C20H27N3O5. The van der Waals surface area contributed by atoms with Gasteiger partial charge in [-0.1, -0.05) is 26.2 Å². The number of esters is 2. The number of carbonyl (C=O) groups is 2. The second kappa shape index (κ2) is 9.54. The summed E-state index contributed by atoms with van der Waals surface area (Å²) in [6, 6.07) is 1.83. The van der Waals surface area contributed by atoms with Crippen LogP contribution in [-0.4, -0.2) is 49.1 Å². The molecule has 3 rings (SSSR count). The van der Waals surface area contributed by atoms with Crippen LogP contribution in [0.3, 0.4) is 0 Å². The normalized spacial score (nSPS) is 19.0. The van der Waals surface area contributed by atoms with Crippen LogP contribution >= 0.6 is 0 Å². The first-order chi connectivity index (χ1) is 13.6. The van der Waals surface area contributed by atoms with Crippen molar-refractivity contribution < 1.29 is 23.8 Å². The van der Waals surface area contributed by atoms with E-state index in [1.165, 1.54) is 12.8 Å². The standard InChI is InChI=1S/C20H27N3O5/c1-2-3-4-5-11-26-17-12-16(13-22-14-17)23-10-6-9-21-15-20(23)27-18(24)7-8-19(25)28-20/h7-8,12-14,21H,2-6,9-11,15H2,1H3. The van der Waals surface area contributed by atoms with E-state index in [1.807, 2.05) is 6.07 Å². The molecule has 0 radical (unpaired) electrons. The Kier molecular flexibility index (Phi) is 6.86. The van der Waals surface area contributed by atoms with Gasteiger partial charge in [0.2, 0.25) is 0 Å². The maximum absolute atomic E-state index is 12.0. The summed E-state index contributed by atoms with van der Waals surface area (Å²) >= 11 is 0. The molecule has 0 aliphatic carbocycles. The predicted octanol–water partition coefficient (Wildman–Crippen LogP) is 2.15. The first-order valence-corrected chi connectivity index (χ1v) is 9.83. The predicted molar refractivity (Wildman–Crippen MR) is 103 cm³/mol. The lowest BCUT2D eigenvalue weighted by Gasteiger charge is -2.40. The van der Waals surface area contributed by atoms with E-state index in [4.69, 9.17) is 14.2 Å². The van der Waals surface area contributed by atoms with Crippen LogP contribution in [0.1, 0.15) is 39.0 Å². The fraction of sp³-hybridized carbons (Fsp3) is 0.550. The highest BCUT2D eigenvalue weighted by molar-refractivity contribution is 5.93. The minimum absolute atomic E-state index is 0.161. The zero-order valence-electron chi connectivity index (χ0n) is 16.2.